The minimum absolute atomic E-state index is 0.244. The molecule has 1 rings (SSSR count). The standard InChI is InChI=1S/C15H29NO2/c1-6-17-9-7-8-16-13-10-14(15(13,4)5)18-11-12(2)3/h6,12-14,16H,1,7-11H2,2-5H3. The molecule has 3 heteroatoms. The summed E-state index contributed by atoms with van der Waals surface area (Å²) in [5, 5.41) is 3.59. The van der Waals surface area contributed by atoms with E-state index in [4.69, 9.17) is 9.47 Å². The van der Waals surface area contributed by atoms with Gasteiger partial charge in [0.15, 0.2) is 0 Å². The fraction of sp³-hybridized carbons (Fsp3) is 0.867. The van der Waals surface area contributed by atoms with Crippen LogP contribution in [-0.4, -0.2) is 31.9 Å². The zero-order valence-electron chi connectivity index (χ0n) is 12.4. The summed E-state index contributed by atoms with van der Waals surface area (Å²) >= 11 is 0. The monoisotopic (exact) mass is 255 g/mol. The van der Waals surface area contributed by atoms with Gasteiger partial charge in [-0.15, -0.1) is 0 Å². The molecule has 106 valence electrons. The van der Waals surface area contributed by atoms with Crippen molar-refractivity contribution in [2.45, 2.75) is 52.7 Å². The van der Waals surface area contributed by atoms with Crippen LogP contribution in [0.3, 0.4) is 0 Å². The highest BCUT2D eigenvalue weighted by Crippen LogP contribution is 2.42. The summed E-state index contributed by atoms with van der Waals surface area (Å²) in [6, 6.07) is 0.568. The van der Waals surface area contributed by atoms with Crippen LogP contribution in [0.1, 0.15) is 40.5 Å². The Bertz CT molecular complexity index is 251. The van der Waals surface area contributed by atoms with Crippen LogP contribution in [0.25, 0.3) is 0 Å². The Labute approximate surface area is 112 Å². The molecule has 0 bridgehead atoms. The van der Waals surface area contributed by atoms with E-state index < -0.39 is 0 Å². The molecule has 1 aliphatic rings. The Balaban J connectivity index is 2.16. The zero-order chi connectivity index (χ0) is 13.6. The van der Waals surface area contributed by atoms with Crippen molar-refractivity contribution in [1.82, 2.24) is 5.32 Å². The second-order valence-electron chi connectivity index (χ2n) is 6.17. The predicted molar refractivity (Wildman–Crippen MR) is 75.5 cm³/mol. The lowest BCUT2D eigenvalue weighted by Gasteiger charge is -2.52. The fourth-order valence-corrected chi connectivity index (χ4v) is 2.34. The highest BCUT2D eigenvalue weighted by molar-refractivity contribution is 5.02. The van der Waals surface area contributed by atoms with Gasteiger partial charge in [-0.2, -0.15) is 0 Å². The van der Waals surface area contributed by atoms with E-state index in [-0.39, 0.29) is 5.41 Å². The van der Waals surface area contributed by atoms with E-state index >= 15 is 0 Å². The summed E-state index contributed by atoms with van der Waals surface area (Å²) in [6.45, 7) is 15.1. The van der Waals surface area contributed by atoms with Crippen LogP contribution in [0.15, 0.2) is 12.8 Å². The maximum absolute atomic E-state index is 5.95. The van der Waals surface area contributed by atoms with Crippen molar-refractivity contribution < 1.29 is 9.47 Å². The highest BCUT2D eigenvalue weighted by Gasteiger charge is 2.48. The molecule has 3 nitrogen and oxygen atoms in total. The average molecular weight is 255 g/mol. The van der Waals surface area contributed by atoms with Crippen LogP contribution in [0.4, 0.5) is 0 Å². The van der Waals surface area contributed by atoms with Crippen LogP contribution in [0.5, 0.6) is 0 Å². The topological polar surface area (TPSA) is 30.5 Å². The molecule has 0 saturated heterocycles. The summed E-state index contributed by atoms with van der Waals surface area (Å²) in [4.78, 5) is 0. The highest BCUT2D eigenvalue weighted by atomic mass is 16.5. The van der Waals surface area contributed by atoms with Crippen molar-refractivity contribution >= 4 is 0 Å². The minimum atomic E-state index is 0.244. The molecule has 2 atom stereocenters. The summed E-state index contributed by atoms with van der Waals surface area (Å²) < 4.78 is 11.1. The minimum Gasteiger partial charge on any atom is -0.502 e. The zero-order valence-corrected chi connectivity index (χ0v) is 12.4. The second-order valence-corrected chi connectivity index (χ2v) is 6.17. The van der Waals surface area contributed by atoms with Crippen molar-refractivity contribution in [2.75, 3.05) is 19.8 Å². The van der Waals surface area contributed by atoms with Crippen LogP contribution >= 0.6 is 0 Å². The summed E-state index contributed by atoms with van der Waals surface area (Å²) in [6.07, 6.45) is 4.06. The van der Waals surface area contributed by atoms with Crippen LogP contribution in [0.2, 0.25) is 0 Å². The van der Waals surface area contributed by atoms with Gasteiger partial charge in [0, 0.05) is 18.1 Å². The molecule has 0 spiro atoms. The molecule has 0 aromatic heterocycles. The summed E-state index contributed by atoms with van der Waals surface area (Å²) in [7, 11) is 0. The molecule has 0 amide bonds. The molecular formula is C15H29NO2. The first-order valence-electron chi connectivity index (χ1n) is 7.06. The Hall–Kier alpha value is -0.540. The molecule has 1 N–H and O–H groups in total. The lowest BCUT2D eigenvalue weighted by molar-refractivity contribution is -0.123. The van der Waals surface area contributed by atoms with Crippen LogP contribution < -0.4 is 5.32 Å². The van der Waals surface area contributed by atoms with Gasteiger partial charge in [-0.1, -0.05) is 34.3 Å². The molecule has 0 aromatic rings. The van der Waals surface area contributed by atoms with E-state index in [1.165, 1.54) is 6.26 Å². The Morgan fingerprint density at radius 2 is 2.17 bits per heavy atom. The van der Waals surface area contributed by atoms with Crippen molar-refractivity contribution in [3.05, 3.63) is 12.8 Å². The van der Waals surface area contributed by atoms with Gasteiger partial charge in [0.2, 0.25) is 0 Å². The van der Waals surface area contributed by atoms with E-state index in [1.54, 1.807) is 0 Å². The van der Waals surface area contributed by atoms with E-state index in [2.05, 4.69) is 39.6 Å². The van der Waals surface area contributed by atoms with E-state index in [0.29, 0.717) is 18.1 Å². The molecule has 1 aliphatic carbocycles. The third-order valence-corrected chi connectivity index (χ3v) is 3.76. The van der Waals surface area contributed by atoms with Gasteiger partial charge in [-0.3, -0.25) is 0 Å². The van der Waals surface area contributed by atoms with Crippen molar-refractivity contribution in [3.8, 4) is 0 Å². The number of hydrogen-bond acceptors (Lipinski definition) is 3. The Morgan fingerprint density at radius 3 is 2.72 bits per heavy atom. The Morgan fingerprint density at radius 1 is 1.44 bits per heavy atom. The molecule has 0 radical (unpaired) electrons. The van der Waals surface area contributed by atoms with Crippen molar-refractivity contribution in [2.24, 2.45) is 11.3 Å². The van der Waals surface area contributed by atoms with Gasteiger partial charge >= 0.3 is 0 Å². The normalized spacial score (nSPS) is 25.8. The smallest absolute Gasteiger partial charge is 0.0885 e. The van der Waals surface area contributed by atoms with Crippen molar-refractivity contribution in [3.63, 3.8) is 0 Å². The molecule has 0 aliphatic heterocycles. The number of hydrogen-bond donors (Lipinski definition) is 1. The van der Waals surface area contributed by atoms with Gasteiger partial charge in [-0.05, 0) is 25.3 Å². The number of ether oxygens (including phenoxy) is 2. The number of rotatable bonds is 9. The molecule has 1 fully saturated rings. The first kappa shape index (κ1) is 15.5. The lowest BCUT2D eigenvalue weighted by Crippen LogP contribution is -2.61. The maximum atomic E-state index is 5.95. The first-order chi connectivity index (χ1) is 8.48. The third-order valence-electron chi connectivity index (χ3n) is 3.76. The van der Waals surface area contributed by atoms with E-state index in [0.717, 1.165) is 32.6 Å². The first-order valence-corrected chi connectivity index (χ1v) is 7.06. The van der Waals surface area contributed by atoms with Gasteiger partial charge in [0.1, 0.15) is 0 Å². The van der Waals surface area contributed by atoms with E-state index in [9.17, 15) is 0 Å². The molecule has 0 heterocycles. The summed E-state index contributed by atoms with van der Waals surface area (Å²) in [5.41, 5.74) is 0.244. The summed E-state index contributed by atoms with van der Waals surface area (Å²) in [5.74, 6) is 0.615. The van der Waals surface area contributed by atoms with Gasteiger partial charge < -0.3 is 14.8 Å². The SMILES string of the molecule is C=COCCCNC1CC(OCC(C)C)C1(C)C. The van der Waals surface area contributed by atoms with E-state index in [1.807, 2.05) is 0 Å². The van der Waals surface area contributed by atoms with Crippen LogP contribution in [-0.2, 0) is 9.47 Å². The third kappa shape index (κ3) is 4.29. The number of nitrogens with one attached hydrogen (secondary N) is 1. The van der Waals surface area contributed by atoms with Gasteiger partial charge in [-0.25, -0.2) is 0 Å². The van der Waals surface area contributed by atoms with Crippen LogP contribution in [0, 0.1) is 11.3 Å². The molecular weight excluding hydrogens is 226 g/mol. The maximum Gasteiger partial charge on any atom is 0.0885 e. The fourth-order valence-electron chi connectivity index (χ4n) is 2.34. The Kier molecular flexibility index (Phi) is 6.16. The lowest BCUT2D eigenvalue weighted by atomic mass is 9.64. The largest absolute Gasteiger partial charge is 0.502 e. The quantitative estimate of drug-likeness (QED) is 0.507. The molecule has 1 saturated carbocycles. The van der Waals surface area contributed by atoms with Gasteiger partial charge in [0.25, 0.3) is 0 Å². The van der Waals surface area contributed by atoms with Crippen molar-refractivity contribution in [1.29, 1.82) is 0 Å². The predicted octanol–water partition coefficient (Wildman–Crippen LogP) is 2.97. The van der Waals surface area contributed by atoms with Gasteiger partial charge in [0.05, 0.1) is 19.0 Å². The molecule has 2 unspecified atom stereocenters. The average Bonchev–Trinajstić information content (AvgIpc) is 2.30. The molecule has 0 aromatic carbocycles. The molecule has 18 heavy (non-hydrogen) atoms. The second kappa shape index (κ2) is 7.15.